The maximum absolute atomic E-state index is 13.5. The summed E-state index contributed by atoms with van der Waals surface area (Å²) < 4.78 is 39.7. The van der Waals surface area contributed by atoms with Crippen LogP contribution in [0.25, 0.3) is 0 Å². The number of hydrogen-bond acceptors (Lipinski definition) is 3. The van der Waals surface area contributed by atoms with Crippen molar-refractivity contribution < 1.29 is 17.6 Å². The molecule has 1 heterocycles. The number of halogens is 1. The number of carbonyl (C=O) groups excluding carboxylic acids is 1. The smallest absolute Gasteiger partial charge is 0.268 e. The molecule has 1 aliphatic rings. The molecule has 1 aliphatic heterocycles. The second-order valence-electron chi connectivity index (χ2n) is 5.86. The van der Waals surface area contributed by atoms with E-state index in [4.69, 9.17) is 0 Å². The number of carbonyl (C=O) groups is 1. The molecule has 6 heteroatoms. The van der Waals surface area contributed by atoms with Gasteiger partial charge in [-0.1, -0.05) is 33.1 Å². The van der Waals surface area contributed by atoms with Crippen molar-refractivity contribution in [2.24, 2.45) is 5.92 Å². The minimum absolute atomic E-state index is 0.0377. The van der Waals surface area contributed by atoms with Gasteiger partial charge in [0.1, 0.15) is 10.7 Å². The zero-order chi connectivity index (χ0) is 16.5. The lowest BCUT2D eigenvalue weighted by molar-refractivity contribution is 0.0853. The second-order valence-corrected chi connectivity index (χ2v) is 7.66. The minimum atomic E-state index is -3.86. The van der Waals surface area contributed by atoms with Crippen LogP contribution < -0.4 is 0 Å². The fourth-order valence-electron chi connectivity index (χ4n) is 2.92. The van der Waals surface area contributed by atoms with Gasteiger partial charge in [0, 0.05) is 6.54 Å². The lowest BCUT2D eigenvalue weighted by atomic mass is 9.99. The minimum Gasteiger partial charge on any atom is -0.268 e. The number of aryl methyl sites for hydroxylation is 1. The van der Waals surface area contributed by atoms with Crippen molar-refractivity contribution in [3.05, 3.63) is 29.1 Å². The summed E-state index contributed by atoms with van der Waals surface area (Å²) in [6.45, 7) is 5.76. The SMILES string of the molecule is CCCCC(CC)CN1C(=O)c2cc(F)cc(C)c2S1(=O)=O. The highest BCUT2D eigenvalue weighted by molar-refractivity contribution is 7.90. The summed E-state index contributed by atoms with van der Waals surface area (Å²) >= 11 is 0. The van der Waals surface area contributed by atoms with E-state index in [0.29, 0.717) is 0 Å². The van der Waals surface area contributed by atoms with E-state index in [9.17, 15) is 17.6 Å². The van der Waals surface area contributed by atoms with Crippen molar-refractivity contribution in [2.75, 3.05) is 6.54 Å². The third-order valence-electron chi connectivity index (χ3n) is 4.21. The Labute approximate surface area is 131 Å². The molecule has 0 fully saturated rings. The van der Waals surface area contributed by atoms with Crippen LogP contribution in [0.4, 0.5) is 4.39 Å². The van der Waals surface area contributed by atoms with Crippen molar-refractivity contribution in [3.8, 4) is 0 Å². The number of unbranched alkanes of at least 4 members (excludes halogenated alkanes) is 1. The standard InChI is InChI=1S/C16H22FNO3S/c1-4-6-7-12(5-2)10-18-16(19)14-9-13(17)8-11(3)15(14)22(18,20)21/h8-9,12H,4-7,10H2,1-3H3. The van der Waals surface area contributed by atoms with E-state index in [1.165, 1.54) is 6.92 Å². The molecule has 122 valence electrons. The number of hydrogen-bond donors (Lipinski definition) is 0. The summed E-state index contributed by atoms with van der Waals surface area (Å²) in [5, 5.41) is 0. The van der Waals surface area contributed by atoms with Crippen LogP contribution in [-0.2, 0) is 10.0 Å². The molecule has 4 nitrogen and oxygen atoms in total. The molecule has 0 saturated heterocycles. The highest BCUT2D eigenvalue weighted by Crippen LogP contribution is 2.34. The van der Waals surface area contributed by atoms with E-state index in [1.54, 1.807) is 0 Å². The first kappa shape index (κ1) is 16.9. The molecule has 1 aromatic carbocycles. The number of rotatable bonds is 6. The molecular formula is C16H22FNO3S. The summed E-state index contributed by atoms with van der Waals surface area (Å²) in [5.74, 6) is -1.05. The van der Waals surface area contributed by atoms with Gasteiger partial charge < -0.3 is 0 Å². The van der Waals surface area contributed by atoms with Gasteiger partial charge in [-0.2, -0.15) is 0 Å². The maximum atomic E-state index is 13.5. The van der Waals surface area contributed by atoms with Crippen molar-refractivity contribution >= 4 is 15.9 Å². The summed E-state index contributed by atoms with van der Waals surface area (Å²) in [6, 6.07) is 2.18. The lowest BCUT2D eigenvalue weighted by Crippen LogP contribution is -2.34. The van der Waals surface area contributed by atoms with Gasteiger partial charge in [0.25, 0.3) is 15.9 Å². The molecule has 0 aliphatic carbocycles. The number of fused-ring (bicyclic) bond motifs is 1. The van der Waals surface area contributed by atoms with Crippen LogP contribution in [0.15, 0.2) is 17.0 Å². The third-order valence-corrected chi connectivity index (χ3v) is 6.16. The highest BCUT2D eigenvalue weighted by Gasteiger charge is 2.43. The van der Waals surface area contributed by atoms with E-state index < -0.39 is 21.7 Å². The average molecular weight is 327 g/mol. The van der Waals surface area contributed by atoms with Crippen molar-refractivity contribution in [1.29, 1.82) is 0 Å². The van der Waals surface area contributed by atoms with Crippen LogP contribution in [0.2, 0.25) is 0 Å². The first-order valence-corrected chi connectivity index (χ1v) is 9.14. The molecule has 0 radical (unpaired) electrons. The second kappa shape index (κ2) is 6.36. The Morgan fingerprint density at radius 2 is 1.95 bits per heavy atom. The molecule has 1 atom stereocenters. The van der Waals surface area contributed by atoms with E-state index in [-0.39, 0.29) is 28.5 Å². The molecule has 22 heavy (non-hydrogen) atoms. The Hall–Kier alpha value is -1.43. The maximum Gasteiger partial charge on any atom is 0.269 e. The van der Waals surface area contributed by atoms with Gasteiger partial charge >= 0.3 is 0 Å². The van der Waals surface area contributed by atoms with Gasteiger partial charge in [0.2, 0.25) is 0 Å². The van der Waals surface area contributed by atoms with Gasteiger partial charge in [-0.3, -0.25) is 4.79 Å². The van der Waals surface area contributed by atoms with E-state index in [0.717, 1.165) is 42.1 Å². The van der Waals surface area contributed by atoms with Crippen LogP contribution >= 0.6 is 0 Å². The molecular weight excluding hydrogens is 305 g/mol. The fraction of sp³-hybridized carbons (Fsp3) is 0.562. The zero-order valence-corrected chi connectivity index (χ0v) is 14.0. The molecule has 0 spiro atoms. The zero-order valence-electron chi connectivity index (χ0n) is 13.2. The van der Waals surface area contributed by atoms with Gasteiger partial charge in [-0.15, -0.1) is 0 Å². The Morgan fingerprint density at radius 3 is 2.55 bits per heavy atom. The number of nitrogens with zero attached hydrogens (tertiary/aromatic N) is 1. The van der Waals surface area contributed by atoms with Crippen molar-refractivity contribution in [2.45, 2.75) is 51.3 Å². The number of benzene rings is 1. The van der Waals surface area contributed by atoms with Crippen LogP contribution in [0.5, 0.6) is 0 Å². The fourth-order valence-corrected chi connectivity index (χ4v) is 4.75. The molecule has 2 rings (SSSR count). The third kappa shape index (κ3) is 2.89. The van der Waals surface area contributed by atoms with E-state index in [2.05, 4.69) is 6.92 Å². The Kier molecular flexibility index (Phi) is 4.90. The molecule has 1 aromatic rings. The van der Waals surface area contributed by atoms with Gasteiger partial charge in [0.15, 0.2) is 0 Å². The summed E-state index contributed by atoms with van der Waals surface area (Å²) in [7, 11) is -3.86. The van der Waals surface area contributed by atoms with Crippen LogP contribution in [0, 0.1) is 18.7 Å². The summed E-state index contributed by atoms with van der Waals surface area (Å²) in [6.07, 6.45) is 3.72. The highest BCUT2D eigenvalue weighted by atomic mass is 32.2. The topological polar surface area (TPSA) is 54.5 Å². The van der Waals surface area contributed by atoms with Gasteiger partial charge in [0.05, 0.1) is 5.56 Å². The van der Waals surface area contributed by atoms with E-state index >= 15 is 0 Å². The summed E-state index contributed by atoms with van der Waals surface area (Å²) in [4.78, 5) is 12.4. The Bertz CT molecular complexity index is 685. The number of sulfonamides is 1. The molecule has 0 bridgehead atoms. The molecule has 0 saturated carbocycles. The first-order valence-electron chi connectivity index (χ1n) is 7.70. The van der Waals surface area contributed by atoms with Crippen LogP contribution in [-0.4, -0.2) is 25.2 Å². The van der Waals surface area contributed by atoms with E-state index in [1.807, 2.05) is 6.92 Å². The predicted molar refractivity (Wildman–Crippen MR) is 82.7 cm³/mol. The largest absolute Gasteiger partial charge is 0.269 e. The lowest BCUT2D eigenvalue weighted by Gasteiger charge is -2.22. The first-order chi connectivity index (χ1) is 10.3. The molecule has 0 aromatic heterocycles. The molecule has 0 N–H and O–H groups in total. The van der Waals surface area contributed by atoms with Crippen LogP contribution in [0.3, 0.4) is 0 Å². The predicted octanol–water partition coefficient (Wildman–Crippen LogP) is 3.50. The van der Waals surface area contributed by atoms with Crippen molar-refractivity contribution in [3.63, 3.8) is 0 Å². The average Bonchev–Trinajstić information content (AvgIpc) is 2.63. The molecule has 1 amide bonds. The Balaban J connectivity index is 2.36. The van der Waals surface area contributed by atoms with Gasteiger partial charge in [-0.25, -0.2) is 17.1 Å². The number of amides is 1. The normalized spacial score (nSPS) is 17.6. The van der Waals surface area contributed by atoms with Crippen LogP contribution in [0.1, 0.15) is 55.5 Å². The van der Waals surface area contributed by atoms with Crippen molar-refractivity contribution in [1.82, 2.24) is 4.31 Å². The Morgan fingerprint density at radius 1 is 1.27 bits per heavy atom. The van der Waals surface area contributed by atoms with Gasteiger partial charge in [-0.05, 0) is 37.0 Å². The quantitative estimate of drug-likeness (QED) is 0.803. The summed E-state index contributed by atoms with van der Waals surface area (Å²) in [5.41, 5.74) is 0.246. The molecule has 1 unspecified atom stereocenters. The monoisotopic (exact) mass is 327 g/mol.